The van der Waals surface area contributed by atoms with Crippen molar-refractivity contribution in [2.45, 2.75) is 26.3 Å². The van der Waals surface area contributed by atoms with Gasteiger partial charge in [0.2, 0.25) is 11.8 Å². The maximum Gasteiger partial charge on any atom is 0.242 e. The summed E-state index contributed by atoms with van der Waals surface area (Å²) in [4.78, 5) is 31.1. The average molecular weight is 261 g/mol. The summed E-state index contributed by atoms with van der Waals surface area (Å²) in [6, 6.07) is 3.71. The van der Waals surface area contributed by atoms with Gasteiger partial charge in [-0.05, 0) is 30.5 Å². The Hall–Kier alpha value is -1.91. The molecule has 2 amide bonds. The molecular formula is C14H19N3O2. The number of likely N-dealkylation sites (tertiary alicyclic amines) is 1. The molecule has 0 radical (unpaired) electrons. The Bertz CT molecular complexity index is 441. The van der Waals surface area contributed by atoms with E-state index in [-0.39, 0.29) is 18.4 Å². The Balaban J connectivity index is 1.96. The quantitative estimate of drug-likeness (QED) is 0.814. The van der Waals surface area contributed by atoms with Crippen LogP contribution in [0.1, 0.15) is 25.3 Å². The van der Waals surface area contributed by atoms with E-state index in [1.165, 1.54) is 6.92 Å². The third-order valence-electron chi connectivity index (χ3n) is 3.35. The van der Waals surface area contributed by atoms with E-state index in [4.69, 9.17) is 0 Å². The highest BCUT2D eigenvalue weighted by atomic mass is 16.2. The second-order valence-corrected chi connectivity index (χ2v) is 4.82. The molecule has 0 saturated carbocycles. The lowest BCUT2D eigenvalue weighted by Gasteiger charge is -2.24. The average Bonchev–Trinajstić information content (AvgIpc) is 2.93. The lowest BCUT2D eigenvalue weighted by molar-refractivity contribution is -0.139. The molecule has 1 aromatic rings. The van der Waals surface area contributed by atoms with Crippen molar-refractivity contribution in [3.8, 4) is 0 Å². The summed E-state index contributed by atoms with van der Waals surface area (Å²) in [6.45, 7) is 3.76. The topological polar surface area (TPSA) is 53.5 Å². The van der Waals surface area contributed by atoms with Crippen LogP contribution in [0.15, 0.2) is 24.5 Å². The van der Waals surface area contributed by atoms with E-state index in [2.05, 4.69) is 4.98 Å². The molecule has 19 heavy (non-hydrogen) atoms. The van der Waals surface area contributed by atoms with Gasteiger partial charge in [-0.1, -0.05) is 0 Å². The van der Waals surface area contributed by atoms with E-state index >= 15 is 0 Å². The molecule has 0 unspecified atom stereocenters. The van der Waals surface area contributed by atoms with Crippen molar-refractivity contribution in [3.63, 3.8) is 0 Å². The number of aromatic nitrogens is 1. The molecule has 0 spiro atoms. The first kappa shape index (κ1) is 13.5. The van der Waals surface area contributed by atoms with Crippen LogP contribution in [0.25, 0.3) is 0 Å². The SMILES string of the molecule is CC(=O)N(CC(=O)N1CCCC1)Cc1ccncc1. The van der Waals surface area contributed by atoms with Gasteiger partial charge in [0.05, 0.1) is 0 Å². The van der Waals surface area contributed by atoms with Crippen LogP contribution < -0.4 is 0 Å². The van der Waals surface area contributed by atoms with Crippen molar-refractivity contribution in [1.82, 2.24) is 14.8 Å². The molecule has 1 aromatic heterocycles. The number of pyridine rings is 1. The van der Waals surface area contributed by atoms with Crippen LogP contribution in [-0.4, -0.2) is 46.2 Å². The standard InChI is InChI=1S/C14H19N3O2/c1-12(18)17(10-13-4-6-15-7-5-13)11-14(19)16-8-2-3-9-16/h4-7H,2-3,8-11H2,1H3. The molecule has 0 aliphatic carbocycles. The lowest BCUT2D eigenvalue weighted by atomic mass is 10.2. The molecule has 0 atom stereocenters. The van der Waals surface area contributed by atoms with Crippen molar-refractivity contribution in [1.29, 1.82) is 0 Å². The number of nitrogens with zero attached hydrogens (tertiary/aromatic N) is 3. The number of amides is 2. The molecule has 5 nitrogen and oxygen atoms in total. The summed E-state index contributed by atoms with van der Waals surface area (Å²) in [6.07, 6.45) is 5.51. The van der Waals surface area contributed by atoms with Crippen LogP contribution in [0.2, 0.25) is 0 Å². The fourth-order valence-corrected chi connectivity index (χ4v) is 2.22. The number of rotatable bonds is 4. The minimum absolute atomic E-state index is 0.0433. The fraction of sp³-hybridized carbons (Fsp3) is 0.500. The van der Waals surface area contributed by atoms with Gasteiger partial charge in [-0.2, -0.15) is 0 Å². The molecule has 0 N–H and O–H groups in total. The Morgan fingerprint density at radius 1 is 1.26 bits per heavy atom. The van der Waals surface area contributed by atoms with Crippen molar-refractivity contribution >= 4 is 11.8 Å². The zero-order valence-corrected chi connectivity index (χ0v) is 11.2. The summed E-state index contributed by atoms with van der Waals surface area (Å²) >= 11 is 0. The van der Waals surface area contributed by atoms with Crippen molar-refractivity contribution < 1.29 is 9.59 Å². The van der Waals surface area contributed by atoms with Crippen LogP contribution >= 0.6 is 0 Å². The van der Waals surface area contributed by atoms with Gasteiger partial charge in [0.15, 0.2) is 0 Å². The number of hydrogen-bond donors (Lipinski definition) is 0. The van der Waals surface area contributed by atoms with Crippen LogP contribution in [0, 0.1) is 0 Å². The summed E-state index contributed by atoms with van der Waals surface area (Å²) in [5.41, 5.74) is 0.986. The molecular weight excluding hydrogens is 242 g/mol. The van der Waals surface area contributed by atoms with Crippen LogP contribution in [0.4, 0.5) is 0 Å². The van der Waals surface area contributed by atoms with E-state index in [0.29, 0.717) is 6.54 Å². The minimum atomic E-state index is -0.0793. The van der Waals surface area contributed by atoms with Gasteiger partial charge in [-0.3, -0.25) is 14.6 Å². The van der Waals surface area contributed by atoms with Gasteiger partial charge in [-0.25, -0.2) is 0 Å². The molecule has 5 heteroatoms. The number of carbonyl (C=O) groups is 2. The monoisotopic (exact) mass is 261 g/mol. The first-order chi connectivity index (χ1) is 9.16. The Labute approximate surface area is 113 Å². The third kappa shape index (κ3) is 3.77. The molecule has 1 fully saturated rings. The largest absolute Gasteiger partial charge is 0.341 e. The highest BCUT2D eigenvalue weighted by molar-refractivity contribution is 5.84. The summed E-state index contributed by atoms with van der Waals surface area (Å²) in [7, 11) is 0. The maximum atomic E-state index is 12.1. The molecule has 1 aliphatic rings. The van der Waals surface area contributed by atoms with Gasteiger partial charge in [0.25, 0.3) is 0 Å². The molecule has 2 rings (SSSR count). The van der Waals surface area contributed by atoms with Gasteiger partial charge in [-0.15, -0.1) is 0 Å². The van der Waals surface area contributed by atoms with Gasteiger partial charge in [0.1, 0.15) is 6.54 Å². The van der Waals surface area contributed by atoms with Gasteiger partial charge < -0.3 is 9.80 Å². The maximum absolute atomic E-state index is 12.1. The predicted molar refractivity (Wildman–Crippen MR) is 71.1 cm³/mol. The first-order valence-electron chi connectivity index (χ1n) is 6.59. The van der Waals surface area contributed by atoms with E-state index in [1.807, 2.05) is 17.0 Å². The smallest absolute Gasteiger partial charge is 0.242 e. The zero-order chi connectivity index (χ0) is 13.7. The Morgan fingerprint density at radius 2 is 1.89 bits per heavy atom. The van der Waals surface area contributed by atoms with E-state index in [1.54, 1.807) is 17.3 Å². The molecule has 2 heterocycles. The highest BCUT2D eigenvalue weighted by Crippen LogP contribution is 2.10. The second-order valence-electron chi connectivity index (χ2n) is 4.82. The zero-order valence-electron chi connectivity index (χ0n) is 11.2. The fourth-order valence-electron chi connectivity index (χ4n) is 2.22. The van der Waals surface area contributed by atoms with E-state index in [0.717, 1.165) is 31.5 Å². The van der Waals surface area contributed by atoms with Crippen LogP contribution in [0.3, 0.4) is 0 Å². The van der Waals surface area contributed by atoms with Crippen molar-refractivity contribution in [2.75, 3.05) is 19.6 Å². The first-order valence-corrected chi connectivity index (χ1v) is 6.59. The molecule has 1 saturated heterocycles. The van der Waals surface area contributed by atoms with Crippen LogP contribution in [-0.2, 0) is 16.1 Å². The third-order valence-corrected chi connectivity index (χ3v) is 3.35. The van der Waals surface area contributed by atoms with E-state index < -0.39 is 0 Å². The Morgan fingerprint density at radius 3 is 2.47 bits per heavy atom. The molecule has 0 bridgehead atoms. The van der Waals surface area contributed by atoms with E-state index in [9.17, 15) is 9.59 Å². The van der Waals surface area contributed by atoms with Crippen LogP contribution in [0.5, 0.6) is 0 Å². The van der Waals surface area contributed by atoms with Gasteiger partial charge in [0, 0.05) is 39.0 Å². The highest BCUT2D eigenvalue weighted by Gasteiger charge is 2.21. The molecule has 1 aliphatic heterocycles. The summed E-state index contributed by atoms with van der Waals surface area (Å²) < 4.78 is 0. The minimum Gasteiger partial charge on any atom is -0.341 e. The van der Waals surface area contributed by atoms with Crippen molar-refractivity contribution in [2.24, 2.45) is 0 Å². The number of hydrogen-bond acceptors (Lipinski definition) is 3. The number of carbonyl (C=O) groups excluding carboxylic acids is 2. The summed E-state index contributed by atoms with van der Waals surface area (Å²) in [5.74, 6) is -0.0360. The lowest BCUT2D eigenvalue weighted by Crippen LogP contribution is -2.40. The Kier molecular flexibility index (Phi) is 4.49. The molecule has 102 valence electrons. The van der Waals surface area contributed by atoms with Crippen molar-refractivity contribution in [3.05, 3.63) is 30.1 Å². The van der Waals surface area contributed by atoms with Gasteiger partial charge >= 0.3 is 0 Å². The predicted octanol–water partition coefficient (Wildman–Crippen LogP) is 1.05. The summed E-state index contributed by atoms with van der Waals surface area (Å²) in [5, 5.41) is 0. The normalized spacial score (nSPS) is 14.5. The second kappa shape index (κ2) is 6.31. The molecule has 0 aromatic carbocycles.